The van der Waals surface area contributed by atoms with Crippen LogP contribution >= 0.6 is 0 Å². The lowest BCUT2D eigenvalue weighted by atomic mass is 10.0. The van der Waals surface area contributed by atoms with Gasteiger partial charge in [-0.25, -0.2) is 4.79 Å². The summed E-state index contributed by atoms with van der Waals surface area (Å²) in [4.78, 5) is 28.6. The lowest BCUT2D eigenvalue weighted by Gasteiger charge is -2.32. The Morgan fingerprint density at radius 2 is 2.10 bits per heavy atom. The van der Waals surface area contributed by atoms with E-state index >= 15 is 0 Å². The Morgan fingerprint density at radius 1 is 1.40 bits per heavy atom. The van der Waals surface area contributed by atoms with Crippen molar-refractivity contribution in [1.29, 1.82) is 0 Å². The highest BCUT2D eigenvalue weighted by Gasteiger charge is 2.24. The summed E-state index contributed by atoms with van der Waals surface area (Å²) in [7, 11) is 0. The average Bonchev–Trinajstić information content (AvgIpc) is 2.86. The van der Waals surface area contributed by atoms with E-state index in [9.17, 15) is 9.59 Å². The Labute approximate surface area is 118 Å². The largest absolute Gasteiger partial charge is 0.365 e. The van der Waals surface area contributed by atoms with Crippen LogP contribution < -0.4 is 10.6 Å². The van der Waals surface area contributed by atoms with Crippen LogP contribution in [-0.4, -0.2) is 47.5 Å². The van der Waals surface area contributed by atoms with Gasteiger partial charge in [-0.2, -0.15) is 0 Å². The zero-order chi connectivity index (χ0) is 14.5. The summed E-state index contributed by atoms with van der Waals surface area (Å²) in [6.07, 6.45) is 3.36. The third kappa shape index (κ3) is 3.31. The Morgan fingerprint density at radius 3 is 2.65 bits per heavy atom. The van der Waals surface area contributed by atoms with Crippen LogP contribution in [0.5, 0.6) is 0 Å². The fourth-order valence-corrected chi connectivity index (χ4v) is 2.45. The molecule has 1 aliphatic rings. The molecule has 1 saturated heterocycles. The topological polar surface area (TPSA) is 77.2 Å². The highest BCUT2D eigenvalue weighted by molar-refractivity contribution is 5.95. The Bertz CT molecular complexity index is 475. The molecule has 0 atom stereocenters. The number of hydrogen-bond acceptors (Lipinski definition) is 2. The molecular weight excluding hydrogens is 256 g/mol. The molecule has 3 N–H and O–H groups in total. The maximum absolute atomic E-state index is 12.1. The number of piperidine rings is 1. The van der Waals surface area contributed by atoms with Crippen molar-refractivity contribution < 1.29 is 9.59 Å². The second kappa shape index (κ2) is 6.45. The van der Waals surface area contributed by atoms with Gasteiger partial charge in [0.2, 0.25) is 0 Å². The Kier molecular flexibility index (Phi) is 4.65. The van der Waals surface area contributed by atoms with Gasteiger partial charge in [0.05, 0.1) is 5.56 Å². The van der Waals surface area contributed by atoms with Gasteiger partial charge in [0.1, 0.15) is 0 Å². The highest BCUT2D eigenvalue weighted by atomic mass is 16.2. The molecule has 0 spiro atoms. The third-order valence-corrected chi connectivity index (χ3v) is 3.64. The average molecular weight is 278 g/mol. The maximum Gasteiger partial charge on any atom is 0.317 e. The van der Waals surface area contributed by atoms with Crippen molar-refractivity contribution in [2.45, 2.75) is 32.7 Å². The number of rotatable bonds is 3. The van der Waals surface area contributed by atoms with E-state index in [-0.39, 0.29) is 18.0 Å². The van der Waals surface area contributed by atoms with E-state index in [0.717, 1.165) is 18.5 Å². The molecule has 0 unspecified atom stereocenters. The number of carbonyl (C=O) groups is 2. The number of likely N-dealkylation sites (tertiary alicyclic amines) is 1. The predicted octanol–water partition coefficient (Wildman–Crippen LogP) is 1.25. The van der Waals surface area contributed by atoms with Crippen LogP contribution in [0.25, 0.3) is 0 Å². The first-order valence-corrected chi connectivity index (χ1v) is 7.09. The van der Waals surface area contributed by atoms with Gasteiger partial charge in [-0.1, -0.05) is 0 Å². The Balaban J connectivity index is 1.81. The van der Waals surface area contributed by atoms with Gasteiger partial charge in [-0.05, 0) is 32.8 Å². The van der Waals surface area contributed by atoms with Crippen LogP contribution in [0.4, 0.5) is 4.79 Å². The van der Waals surface area contributed by atoms with Crippen LogP contribution in [0, 0.1) is 6.92 Å². The molecule has 1 aliphatic heterocycles. The van der Waals surface area contributed by atoms with E-state index in [4.69, 9.17) is 0 Å². The first-order chi connectivity index (χ1) is 9.61. The van der Waals surface area contributed by atoms with Gasteiger partial charge in [-0.3, -0.25) is 4.79 Å². The summed E-state index contributed by atoms with van der Waals surface area (Å²) in [6.45, 7) is 5.80. The summed E-state index contributed by atoms with van der Waals surface area (Å²) >= 11 is 0. The molecule has 0 saturated carbocycles. The van der Waals surface area contributed by atoms with E-state index in [1.54, 1.807) is 17.2 Å². The number of aromatic amines is 1. The number of amides is 3. The Hall–Kier alpha value is -1.98. The number of aromatic nitrogens is 1. The molecule has 1 aromatic rings. The number of urea groups is 1. The first-order valence-electron chi connectivity index (χ1n) is 7.09. The van der Waals surface area contributed by atoms with Crippen LogP contribution in [0.2, 0.25) is 0 Å². The van der Waals surface area contributed by atoms with Crippen LogP contribution in [0.3, 0.4) is 0 Å². The molecule has 3 amide bonds. The van der Waals surface area contributed by atoms with E-state index in [2.05, 4.69) is 15.6 Å². The third-order valence-electron chi connectivity index (χ3n) is 3.64. The lowest BCUT2D eigenvalue weighted by molar-refractivity contribution is 0.0917. The van der Waals surface area contributed by atoms with Gasteiger partial charge < -0.3 is 20.5 Å². The quantitative estimate of drug-likeness (QED) is 0.778. The first kappa shape index (κ1) is 14.4. The fraction of sp³-hybridized carbons (Fsp3) is 0.571. The normalized spacial score (nSPS) is 16.0. The minimum absolute atomic E-state index is 0.0150. The lowest BCUT2D eigenvalue weighted by Crippen LogP contribution is -2.49. The molecule has 0 bridgehead atoms. The second-order valence-corrected chi connectivity index (χ2v) is 5.09. The standard InChI is InChI=1S/C14H22N4O2/c1-3-15-14(20)18-8-5-11(6-9-18)17-13(19)12-4-7-16-10(12)2/h4,7,11,16H,3,5-6,8-9H2,1-2H3,(H,15,20)(H,17,19). The molecular formula is C14H22N4O2. The molecule has 110 valence electrons. The van der Waals surface area contributed by atoms with Crippen molar-refractivity contribution >= 4 is 11.9 Å². The molecule has 2 heterocycles. The maximum atomic E-state index is 12.1. The SMILES string of the molecule is CCNC(=O)N1CCC(NC(=O)c2cc[nH]c2C)CC1. The number of hydrogen-bond donors (Lipinski definition) is 3. The van der Waals surface area contributed by atoms with Crippen LogP contribution in [-0.2, 0) is 0 Å². The number of nitrogens with zero attached hydrogens (tertiary/aromatic N) is 1. The van der Waals surface area contributed by atoms with Crippen LogP contribution in [0.1, 0.15) is 35.8 Å². The van der Waals surface area contributed by atoms with Gasteiger partial charge in [0.15, 0.2) is 0 Å². The highest BCUT2D eigenvalue weighted by Crippen LogP contribution is 2.12. The van der Waals surface area contributed by atoms with Crippen LogP contribution in [0.15, 0.2) is 12.3 Å². The van der Waals surface area contributed by atoms with Crippen molar-refractivity contribution in [3.63, 3.8) is 0 Å². The van der Waals surface area contributed by atoms with Crippen molar-refractivity contribution in [3.8, 4) is 0 Å². The smallest absolute Gasteiger partial charge is 0.317 e. The molecule has 6 heteroatoms. The summed E-state index contributed by atoms with van der Waals surface area (Å²) < 4.78 is 0. The summed E-state index contributed by atoms with van der Waals surface area (Å²) in [5.74, 6) is -0.0415. The molecule has 1 aromatic heterocycles. The number of carbonyl (C=O) groups excluding carboxylic acids is 2. The van der Waals surface area contributed by atoms with E-state index in [1.165, 1.54) is 0 Å². The molecule has 1 fully saturated rings. The minimum atomic E-state index is -0.0415. The van der Waals surface area contributed by atoms with E-state index in [0.29, 0.717) is 25.2 Å². The molecule has 0 aliphatic carbocycles. The van der Waals surface area contributed by atoms with Crippen molar-refractivity contribution in [1.82, 2.24) is 20.5 Å². The second-order valence-electron chi connectivity index (χ2n) is 5.09. The van der Waals surface area contributed by atoms with Gasteiger partial charge in [0.25, 0.3) is 5.91 Å². The molecule has 20 heavy (non-hydrogen) atoms. The summed E-state index contributed by atoms with van der Waals surface area (Å²) in [5, 5.41) is 5.83. The molecule has 0 aromatic carbocycles. The number of H-pyrrole nitrogens is 1. The van der Waals surface area contributed by atoms with Crippen molar-refractivity contribution in [3.05, 3.63) is 23.5 Å². The minimum Gasteiger partial charge on any atom is -0.365 e. The molecule has 6 nitrogen and oxygen atoms in total. The van der Waals surface area contributed by atoms with Gasteiger partial charge in [0, 0.05) is 37.6 Å². The summed E-state index contributed by atoms with van der Waals surface area (Å²) in [6, 6.07) is 1.91. The van der Waals surface area contributed by atoms with Gasteiger partial charge in [-0.15, -0.1) is 0 Å². The fourth-order valence-electron chi connectivity index (χ4n) is 2.45. The van der Waals surface area contributed by atoms with E-state index in [1.807, 2.05) is 13.8 Å². The monoisotopic (exact) mass is 278 g/mol. The van der Waals surface area contributed by atoms with Gasteiger partial charge >= 0.3 is 6.03 Å². The van der Waals surface area contributed by atoms with Crippen molar-refractivity contribution in [2.75, 3.05) is 19.6 Å². The predicted molar refractivity (Wildman–Crippen MR) is 76.7 cm³/mol. The zero-order valence-corrected chi connectivity index (χ0v) is 12.0. The van der Waals surface area contributed by atoms with Crippen molar-refractivity contribution in [2.24, 2.45) is 0 Å². The summed E-state index contributed by atoms with van der Waals surface area (Å²) in [5.41, 5.74) is 1.57. The molecule has 2 rings (SSSR count). The van der Waals surface area contributed by atoms with E-state index < -0.39 is 0 Å². The number of aryl methyl sites for hydroxylation is 1. The molecule has 0 radical (unpaired) electrons. The zero-order valence-electron chi connectivity index (χ0n) is 12.0. The number of nitrogens with one attached hydrogen (secondary N) is 3.